The molecule has 76 heavy (non-hydrogen) atoms. The van der Waals surface area contributed by atoms with Gasteiger partial charge in [-0.3, -0.25) is 0 Å². The summed E-state index contributed by atoms with van der Waals surface area (Å²) in [6.45, 7) is 0. The number of benzene rings is 12. The number of nitrogens with zero attached hydrogens (tertiary/aromatic N) is 3. The van der Waals surface area contributed by atoms with Gasteiger partial charge in [0.2, 0.25) is 0 Å². The molecule has 0 aliphatic heterocycles. The van der Waals surface area contributed by atoms with Crippen molar-refractivity contribution in [2.75, 3.05) is 4.90 Å². The van der Waals surface area contributed by atoms with Crippen LogP contribution in [0.4, 0.5) is 17.1 Å². The summed E-state index contributed by atoms with van der Waals surface area (Å²) in [5, 5.41) is 5.04. The maximum atomic E-state index is 2.39. The number of rotatable bonds is 9. The second kappa shape index (κ2) is 17.9. The standard InChI is InChI=1S/C73H49N3/c1-3-28-67-61(22-1)62-23-2-4-29-68(62)73(67)55-19-13-16-52(46-55)49-34-40-56(41-35-49)74(57-42-36-50(37-43-57)53-17-14-20-59(47-53)75-69-30-9-5-24-63(69)64-25-6-10-31-70(64)75)58-44-38-51(39-45-58)54-18-15-21-60(48-54)76-71-32-11-7-26-65(71)66-27-8-12-33-72(66)76/h1-48,73H. The Morgan fingerprint density at radius 1 is 0.250 bits per heavy atom. The monoisotopic (exact) mass is 967 g/mol. The van der Waals surface area contributed by atoms with Crippen molar-refractivity contribution in [3.8, 4) is 55.9 Å². The van der Waals surface area contributed by atoms with Crippen molar-refractivity contribution in [3.05, 3.63) is 308 Å². The highest BCUT2D eigenvalue weighted by molar-refractivity contribution is 6.10. The molecule has 3 nitrogen and oxygen atoms in total. The first kappa shape index (κ1) is 43.6. The first-order valence-electron chi connectivity index (χ1n) is 26.3. The molecule has 0 bridgehead atoms. The lowest BCUT2D eigenvalue weighted by molar-refractivity contribution is 1.02. The van der Waals surface area contributed by atoms with Gasteiger partial charge in [0.25, 0.3) is 0 Å². The fourth-order valence-corrected chi connectivity index (χ4v) is 12.3. The van der Waals surface area contributed by atoms with Crippen molar-refractivity contribution in [2.24, 2.45) is 0 Å². The van der Waals surface area contributed by atoms with Crippen LogP contribution in [0.1, 0.15) is 22.6 Å². The Morgan fingerprint density at radius 3 is 0.974 bits per heavy atom. The quantitative estimate of drug-likeness (QED) is 0.140. The summed E-state index contributed by atoms with van der Waals surface area (Å²) in [6, 6.07) is 107. The molecule has 0 fully saturated rings. The van der Waals surface area contributed by atoms with E-state index < -0.39 is 0 Å². The second-order valence-electron chi connectivity index (χ2n) is 20.0. The minimum Gasteiger partial charge on any atom is -0.311 e. The molecule has 0 radical (unpaired) electrons. The summed E-state index contributed by atoms with van der Waals surface area (Å²) < 4.78 is 4.78. The lowest BCUT2D eigenvalue weighted by Gasteiger charge is -2.26. The normalized spacial score (nSPS) is 12.2. The average Bonchev–Trinajstić information content (AvgIpc) is 4.17. The molecule has 0 saturated heterocycles. The summed E-state index contributed by atoms with van der Waals surface area (Å²) >= 11 is 0. The summed E-state index contributed by atoms with van der Waals surface area (Å²) in [6.07, 6.45) is 0. The van der Waals surface area contributed by atoms with Crippen LogP contribution in [0.3, 0.4) is 0 Å². The van der Waals surface area contributed by atoms with Gasteiger partial charge < -0.3 is 14.0 Å². The van der Waals surface area contributed by atoms with Crippen LogP contribution < -0.4 is 4.90 Å². The average molecular weight is 968 g/mol. The van der Waals surface area contributed by atoms with E-state index in [2.05, 4.69) is 305 Å². The molecule has 14 aromatic rings. The maximum Gasteiger partial charge on any atom is 0.0541 e. The first-order chi connectivity index (χ1) is 37.7. The number of para-hydroxylation sites is 4. The Bertz CT molecular complexity index is 4160. The van der Waals surface area contributed by atoms with Gasteiger partial charge in [0.15, 0.2) is 0 Å². The fourth-order valence-electron chi connectivity index (χ4n) is 12.3. The lowest BCUT2D eigenvalue weighted by Crippen LogP contribution is -2.09. The predicted octanol–water partition coefficient (Wildman–Crippen LogP) is 19.5. The Balaban J connectivity index is 0.792. The van der Waals surface area contributed by atoms with Crippen molar-refractivity contribution < 1.29 is 0 Å². The highest BCUT2D eigenvalue weighted by Gasteiger charge is 2.29. The van der Waals surface area contributed by atoms with Crippen LogP contribution in [-0.2, 0) is 0 Å². The molecule has 1 aliphatic rings. The van der Waals surface area contributed by atoms with Crippen molar-refractivity contribution in [3.63, 3.8) is 0 Å². The van der Waals surface area contributed by atoms with E-state index in [4.69, 9.17) is 0 Å². The van der Waals surface area contributed by atoms with E-state index in [1.165, 1.54) is 93.7 Å². The predicted molar refractivity (Wildman–Crippen MR) is 319 cm³/mol. The molecule has 0 amide bonds. The molecule has 0 saturated carbocycles. The van der Waals surface area contributed by atoms with Crippen LogP contribution in [0.5, 0.6) is 0 Å². The second-order valence-corrected chi connectivity index (χ2v) is 20.0. The van der Waals surface area contributed by atoms with Gasteiger partial charge in [-0.15, -0.1) is 0 Å². The molecule has 12 aromatic carbocycles. The molecule has 0 atom stereocenters. The minimum atomic E-state index is 0.195. The SMILES string of the molecule is c1cc(-c2ccc(N(c3ccc(-c4cccc(-n5c6ccccc6c6ccccc65)c4)cc3)c3ccc(-c4cccc(-n5c6ccccc6c6ccccc65)c4)cc3)cc2)cc(C2c3ccccc3-c3ccccc32)c1. The summed E-state index contributed by atoms with van der Waals surface area (Å²) in [5.74, 6) is 0.195. The smallest absolute Gasteiger partial charge is 0.0541 e. The molecule has 2 heterocycles. The van der Waals surface area contributed by atoms with Gasteiger partial charge in [0, 0.05) is 55.9 Å². The van der Waals surface area contributed by atoms with E-state index in [9.17, 15) is 0 Å². The van der Waals surface area contributed by atoms with E-state index in [-0.39, 0.29) is 5.92 Å². The maximum absolute atomic E-state index is 2.39. The minimum absolute atomic E-state index is 0.195. The third-order valence-electron chi connectivity index (χ3n) is 15.8. The fraction of sp³-hybridized carbons (Fsp3) is 0.0137. The van der Waals surface area contributed by atoms with Gasteiger partial charge in [-0.1, -0.05) is 206 Å². The number of aromatic nitrogens is 2. The van der Waals surface area contributed by atoms with Gasteiger partial charge >= 0.3 is 0 Å². The molecule has 356 valence electrons. The summed E-state index contributed by atoms with van der Waals surface area (Å²) in [5.41, 5.74) is 24.1. The van der Waals surface area contributed by atoms with E-state index >= 15 is 0 Å². The van der Waals surface area contributed by atoms with E-state index in [0.717, 1.165) is 39.6 Å². The first-order valence-corrected chi connectivity index (χ1v) is 26.3. The summed E-state index contributed by atoms with van der Waals surface area (Å²) in [4.78, 5) is 2.38. The summed E-state index contributed by atoms with van der Waals surface area (Å²) in [7, 11) is 0. The molecule has 0 spiro atoms. The van der Waals surface area contributed by atoms with E-state index in [1.807, 2.05) is 0 Å². The van der Waals surface area contributed by atoms with Crippen molar-refractivity contribution in [2.45, 2.75) is 5.92 Å². The van der Waals surface area contributed by atoms with E-state index in [1.54, 1.807) is 0 Å². The molecule has 15 rings (SSSR count). The van der Waals surface area contributed by atoms with Crippen LogP contribution in [-0.4, -0.2) is 9.13 Å². The molecule has 2 aromatic heterocycles. The van der Waals surface area contributed by atoms with Gasteiger partial charge in [-0.05, 0) is 146 Å². The van der Waals surface area contributed by atoms with Crippen LogP contribution in [0.2, 0.25) is 0 Å². The Hall–Kier alpha value is -9.96. The third-order valence-corrected chi connectivity index (χ3v) is 15.8. The zero-order valence-corrected chi connectivity index (χ0v) is 41.6. The van der Waals surface area contributed by atoms with Crippen LogP contribution >= 0.6 is 0 Å². The molecule has 0 unspecified atom stereocenters. The van der Waals surface area contributed by atoms with Crippen LogP contribution in [0.15, 0.2) is 291 Å². The van der Waals surface area contributed by atoms with Crippen LogP contribution in [0.25, 0.3) is 99.5 Å². The lowest BCUT2D eigenvalue weighted by atomic mass is 9.88. The number of fused-ring (bicyclic) bond motifs is 9. The van der Waals surface area contributed by atoms with Crippen molar-refractivity contribution >= 4 is 60.7 Å². The van der Waals surface area contributed by atoms with Gasteiger partial charge in [0.05, 0.1) is 22.1 Å². The number of hydrogen-bond donors (Lipinski definition) is 0. The van der Waals surface area contributed by atoms with Gasteiger partial charge in [0.1, 0.15) is 0 Å². The molecule has 0 N–H and O–H groups in total. The van der Waals surface area contributed by atoms with Crippen molar-refractivity contribution in [1.82, 2.24) is 9.13 Å². The molecular formula is C73H49N3. The van der Waals surface area contributed by atoms with Gasteiger partial charge in [-0.2, -0.15) is 0 Å². The van der Waals surface area contributed by atoms with Crippen LogP contribution in [0, 0.1) is 0 Å². The zero-order chi connectivity index (χ0) is 50.1. The number of anilines is 3. The highest BCUT2D eigenvalue weighted by atomic mass is 15.1. The molecule has 1 aliphatic carbocycles. The third kappa shape index (κ3) is 7.20. The Kier molecular flexibility index (Phi) is 10.3. The number of hydrogen-bond acceptors (Lipinski definition) is 1. The largest absolute Gasteiger partial charge is 0.311 e. The molecular weight excluding hydrogens is 919 g/mol. The van der Waals surface area contributed by atoms with Gasteiger partial charge in [-0.25, -0.2) is 0 Å². The zero-order valence-electron chi connectivity index (χ0n) is 41.6. The van der Waals surface area contributed by atoms with Crippen molar-refractivity contribution in [1.29, 1.82) is 0 Å². The molecule has 3 heteroatoms. The van der Waals surface area contributed by atoms with E-state index in [0.29, 0.717) is 0 Å². The Labute approximate surface area is 442 Å². The Morgan fingerprint density at radius 2 is 0.579 bits per heavy atom. The topological polar surface area (TPSA) is 13.1 Å². The highest BCUT2D eigenvalue weighted by Crippen LogP contribution is 2.48.